The van der Waals surface area contributed by atoms with E-state index in [1.54, 1.807) is 6.07 Å². The van der Waals surface area contributed by atoms with Crippen LogP contribution in [0.3, 0.4) is 0 Å². The lowest BCUT2D eigenvalue weighted by molar-refractivity contribution is -0.384. The Kier molecular flexibility index (Phi) is 5.12. The number of hydrogen-bond acceptors (Lipinski definition) is 5. The van der Waals surface area contributed by atoms with Gasteiger partial charge in [0.25, 0.3) is 5.69 Å². The molecule has 1 aromatic carbocycles. The molecule has 1 heterocycles. The van der Waals surface area contributed by atoms with Crippen molar-refractivity contribution in [1.29, 1.82) is 5.26 Å². The van der Waals surface area contributed by atoms with Gasteiger partial charge >= 0.3 is 0 Å². The van der Waals surface area contributed by atoms with Crippen LogP contribution in [0.1, 0.15) is 31.7 Å². The van der Waals surface area contributed by atoms with Gasteiger partial charge < -0.3 is 10.2 Å². The van der Waals surface area contributed by atoms with E-state index in [1.807, 2.05) is 0 Å². The molecular formula is C15H20N4O2. The third kappa shape index (κ3) is 3.50. The fourth-order valence-electron chi connectivity index (χ4n) is 2.82. The molecule has 21 heavy (non-hydrogen) atoms. The second-order valence-electron chi connectivity index (χ2n) is 5.27. The summed E-state index contributed by atoms with van der Waals surface area (Å²) in [5.74, 6) is 0. The minimum Gasteiger partial charge on any atom is -0.362 e. The van der Waals surface area contributed by atoms with E-state index in [-0.39, 0.29) is 16.7 Å². The number of nitro benzene ring substituents is 1. The maximum absolute atomic E-state index is 11.3. The average molecular weight is 288 g/mol. The number of nitro groups is 1. The summed E-state index contributed by atoms with van der Waals surface area (Å²) in [6.45, 7) is 4.63. The summed E-state index contributed by atoms with van der Waals surface area (Å²) in [6, 6.07) is 6.89. The largest absolute Gasteiger partial charge is 0.362 e. The molecule has 1 atom stereocenters. The first kappa shape index (κ1) is 15.3. The predicted molar refractivity (Wildman–Crippen MR) is 81.3 cm³/mol. The van der Waals surface area contributed by atoms with Crippen molar-refractivity contribution in [2.45, 2.75) is 32.2 Å². The van der Waals surface area contributed by atoms with Crippen LogP contribution in [0, 0.1) is 21.4 Å². The summed E-state index contributed by atoms with van der Waals surface area (Å²) in [5, 5.41) is 23.7. The van der Waals surface area contributed by atoms with Crippen LogP contribution in [0.5, 0.6) is 0 Å². The third-order valence-electron chi connectivity index (χ3n) is 3.79. The molecule has 1 fully saturated rings. The number of nitriles is 1. The van der Waals surface area contributed by atoms with Gasteiger partial charge in [0.1, 0.15) is 5.69 Å². The Morgan fingerprint density at radius 1 is 1.57 bits per heavy atom. The number of anilines is 1. The van der Waals surface area contributed by atoms with Crippen LogP contribution in [0.2, 0.25) is 0 Å². The molecule has 6 heteroatoms. The van der Waals surface area contributed by atoms with Crippen molar-refractivity contribution in [3.8, 4) is 6.07 Å². The Hall–Kier alpha value is -2.13. The molecule has 0 saturated carbocycles. The molecule has 1 aromatic rings. The number of piperidine rings is 1. The van der Waals surface area contributed by atoms with E-state index in [9.17, 15) is 10.1 Å². The Balaban J connectivity index is 2.42. The van der Waals surface area contributed by atoms with Crippen molar-refractivity contribution in [2.24, 2.45) is 0 Å². The van der Waals surface area contributed by atoms with Crippen molar-refractivity contribution in [2.75, 3.05) is 24.5 Å². The van der Waals surface area contributed by atoms with Gasteiger partial charge in [-0.2, -0.15) is 5.26 Å². The van der Waals surface area contributed by atoms with Gasteiger partial charge in [0.05, 0.1) is 16.6 Å². The summed E-state index contributed by atoms with van der Waals surface area (Å²) >= 11 is 0. The van der Waals surface area contributed by atoms with Gasteiger partial charge in [-0.1, -0.05) is 6.92 Å². The van der Waals surface area contributed by atoms with Crippen LogP contribution >= 0.6 is 0 Å². The van der Waals surface area contributed by atoms with Crippen LogP contribution < -0.4 is 10.2 Å². The van der Waals surface area contributed by atoms with Crippen LogP contribution in [0.25, 0.3) is 0 Å². The molecule has 0 amide bonds. The van der Waals surface area contributed by atoms with E-state index in [0.29, 0.717) is 11.3 Å². The minimum absolute atomic E-state index is 0.0769. The van der Waals surface area contributed by atoms with E-state index in [0.717, 1.165) is 38.9 Å². The van der Waals surface area contributed by atoms with Gasteiger partial charge in [-0.05, 0) is 37.9 Å². The number of benzene rings is 1. The number of rotatable bonds is 5. The lowest BCUT2D eigenvalue weighted by Gasteiger charge is -2.36. The highest BCUT2D eigenvalue weighted by Crippen LogP contribution is 2.32. The smallest absolute Gasteiger partial charge is 0.292 e. The van der Waals surface area contributed by atoms with Gasteiger partial charge in [-0.3, -0.25) is 10.1 Å². The SMILES string of the molecule is CCCN(c1cc(C#N)ccc1[N+](=O)[O-])C1CCCNC1. The van der Waals surface area contributed by atoms with Gasteiger partial charge in [0, 0.05) is 25.2 Å². The van der Waals surface area contributed by atoms with E-state index < -0.39 is 0 Å². The molecule has 0 radical (unpaired) electrons. The fourth-order valence-corrected chi connectivity index (χ4v) is 2.82. The maximum Gasteiger partial charge on any atom is 0.292 e. The van der Waals surface area contributed by atoms with E-state index >= 15 is 0 Å². The van der Waals surface area contributed by atoms with Crippen molar-refractivity contribution < 1.29 is 4.92 Å². The van der Waals surface area contributed by atoms with Gasteiger partial charge in [0.15, 0.2) is 0 Å². The molecule has 0 aliphatic carbocycles. The molecule has 1 aliphatic heterocycles. The molecule has 1 unspecified atom stereocenters. The summed E-state index contributed by atoms with van der Waals surface area (Å²) in [5.41, 5.74) is 1.10. The van der Waals surface area contributed by atoms with Gasteiger partial charge in [-0.15, -0.1) is 0 Å². The normalized spacial score (nSPS) is 18.0. The summed E-state index contributed by atoms with van der Waals surface area (Å²) in [6.07, 6.45) is 2.99. The first-order chi connectivity index (χ1) is 10.2. The third-order valence-corrected chi connectivity index (χ3v) is 3.79. The molecule has 1 saturated heterocycles. The first-order valence-electron chi connectivity index (χ1n) is 7.33. The number of nitrogens with one attached hydrogen (secondary N) is 1. The summed E-state index contributed by atoms with van der Waals surface area (Å²) in [7, 11) is 0. The van der Waals surface area contributed by atoms with Crippen molar-refractivity contribution in [3.05, 3.63) is 33.9 Å². The molecule has 6 nitrogen and oxygen atoms in total. The zero-order chi connectivity index (χ0) is 15.2. The number of nitrogens with zero attached hydrogens (tertiary/aromatic N) is 3. The molecule has 1 N–H and O–H groups in total. The standard InChI is InChI=1S/C15H20N4O2/c1-2-8-18(13-4-3-7-17-11-13)15-9-12(10-16)5-6-14(15)19(20)21/h5-6,9,13,17H,2-4,7-8,11H2,1H3. The fraction of sp³-hybridized carbons (Fsp3) is 0.533. The van der Waals surface area contributed by atoms with Crippen LogP contribution in [0.4, 0.5) is 11.4 Å². The molecule has 0 spiro atoms. The molecule has 2 rings (SSSR count). The van der Waals surface area contributed by atoms with Gasteiger partial charge in [-0.25, -0.2) is 0 Å². The second kappa shape index (κ2) is 7.04. The average Bonchev–Trinajstić information content (AvgIpc) is 2.52. The molecular weight excluding hydrogens is 268 g/mol. The predicted octanol–water partition coefficient (Wildman–Crippen LogP) is 2.43. The van der Waals surface area contributed by atoms with Crippen molar-refractivity contribution in [1.82, 2.24) is 5.32 Å². The molecule has 1 aliphatic rings. The summed E-state index contributed by atoms with van der Waals surface area (Å²) < 4.78 is 0. The Bertz CT molecular complexity index is 547. The zero-order valence-corrected chi connectivity index (χ0v) is 12.2. The topological polar surface area (TPSA) is 82.2 Å². The second-order valence-corrected chi connectivity index (χ2v) is 5.27. The number of hydrogen-bond donors (Lipinski definition) is 1. The Labute approximate surface area is 124 Å². The molecule has 0 bridgehead atoms. The zero-order valence-electron chi connectivity index (χ0n) is 12.2. The van der Waals surface area contributed by atoms with Crippen molar-refractivity contribution in [3.63, 3.8) is 0 Å². The first-order valence-corrected chi connectivity index (χ1v) is 7.33. The Morgan fingerprint density at radius 2 is 2.38 bits per heavy atom. The minimum atomic E-state index is -0.366. The highest BCUT2D eigenvalue weighted by molar-refractivity contribution is 5.66. The highest BCUT2D eigenvalue weighted by Gasteiger charge is 2.26. The van der Waals surface area contributed by atoms with Crippen molar-refractivity contribution >= 4 is 11.4 Å². The van der Waals surface area contributed by atoms with E-state index in [2.05, 4.69) is 23.2 Å². The summed E-state index contributed by atoms with van der Waals surface area (Å²) in [4.78, 5) is 13.0. The molecule has 112 valence electrons. The van der Waals surface area contributed by atoms with E-state index in [1.165, 1.54) is 12.1 Å². The van der Waals surface area contributed by atoms with Crippen LogP contribution in [0.15, 0.2) is 18.2 Å². The monoisotopic (exact) mass is 288 g/mol. The maximum atomic E-state index is 11.3. The van der Waals surface area contributed by atoms with Crippen LogP contribution in [-0.4, -0.2) is 30.6 Å². The van der Waals surface area contributed by atoms with Crippen LogP contribution in [-0.2, 0) is 0 Å². The molecule has 0 aromatic heterocycles. The lowest BCUT2D eigenvalue weighted by Crippen LogP contribution is -2.46. The quantitative estimate of drug-likeness (QED) is 0.664. The lowest BCUT2D eigenvalue weighted by atomic mass is 10.0. The van der Waals surface area contributed by atoms with E-state index in [4.69, 9.17) is 5.26 Å². The highest BCUT2D eigenvalue weighted by atomic mass is 16.6. The van der Waals surface area contributed by atoms with Gasteiger partial charge in [0.2, 0.25) is 0 Å². The Morgan fingerprint density at radius 3 is 2.95 bits per heavy atom.